The highest BCUT2D eigenvalue weighted by Gasteiger charge is 2.20. The summed E-state index contributed by atoms with van der Waals surface area (Å²) in [5.41, 5.74) is 3.38. The zero-order chi connectivity index (χ0) is 21.8. The van der Waals surface area contributed by atoms with Gasteiger partial charge in [0, 0.05) is 37.8 Å². The highest BCUT2D eigenvalue weighted by Crippen LogP contribution is 2.26. The maximum Gasteiger partial charge on any atom is 0.268 e. The highest BCUT2D eigenvalue weighted by molar-refractivity contribution is 5.97. The van der Waals surface area contributed by atoms with Gasteiger partial charge in [-0.1, -0.05) is 18.6 Å². The van der Waals surface area contributed by atoms with Crippen molar-refractivity contribution in [1.29, 1.82) is 0 Å². The summed E-state index contributed by atoms with van der Waals surface area (Å²) < 4.78 is 13.2. The minimum absolute atomic E-state index is 0.0568. The smallest absolute Gasteiger partial charge is 0.268 e. The molecule has 1 N–H and O–H groups in total. The molecule has 6 heteroatoms. The first kappa shape index (κ1) is 21.5. The fraction of sp³-hybridized carbons (Fsp3) is 0.480. The van der Waals surface area contributed by atoms with Crippen LogP contribution < -0.4 is 10.1 Å². The molecule has 1 aliphatic rings. The predicted molar refractivity (Wildman–Crippen MR) is 123 cm³/mol. The quantitative estimate of drug-likeness (QED) is 0.538. The second-order valence-corrected chi connectivity index (χ2v) is 8.56. The summed E-state index contributed by atoms with van der Waals surface area (Å²) in [7, 11) is 1.66. The molecule has 3 heterocycles. The van der Waals surface area contributed by atoms with Gasteiger partial charge in [0.15, 0.2) is 5.58 Å². The summed E-state index contributed by atoms with van der Waals surface area (Å²) >= 11 is 0. The molecule has 1 atom stereocenters. The number of nitrogens with one attached hydrogen (secondary N) is 1. The Bertz CT molecular complexity index is 1040. The Balaban J connectivity index is 1.45. The van der Waals surface area contributed by atoms with Crippen molar-refractivity contribution in [2.24, 2.45) is 0 Å². The molecule has 1 saturated heterocycles. The van der Waals surface area contributed by atoms with Gasteiger partial charge >= 0.3 is 0 Å². The van der Waals surface area contributed by atoms with Crippen molar-refractivity contribution >= 4 is 17.0 Å². The van der Waals surface area contributed by atoms with Gasteiger partial charge in [0.1, 0.15) is 17.2 Å². The van der Waals surface area contributed by atoms with Crippen LogP contribution in [0.2, 0.25) is 0 Å². The maximum absolute atomic E-state index is 13.0. The highest BCUT2D eigenvalue weighted by atomic mass is 16.5. The summed E-state index contributed by atoms with van der Waals surface area (Å²) in [5.74, 6) is 1.59. The standard InChI is InChI=1S/C25H33N3O3/c1-18-8-4-5-12-27(18)13-7-11-26-25(29)23-16-24-22(14-19(2)31-24)28(23)17-20-9-6-10-21(15-20)30-3/h6,9-10,14-16,18H,4-5,7-8,11-13,17H2,1-3H3,(H,26,29). The molecule has 0 spiro atoms. The van der Waals surface area contributed by atoms with E-state index in [4.69, 9.17) is 9.15 Å². The Hall–Kier alpha value is -2.73. The molecule has 31 heavy (non-hydrogen) atoms. The molecule has 3 aromatic rings. The van der Waals surface area contributed by atoms with Gasteiger partial charge in [-0.25, -0.2) is 0 Å². The number of aryl methyl sites for hydroxylation is 1. The summed E-state index contributed by atoms with van der Waals surface area (Å²) in [6, 6.07) is 12.4. The minimum Gasteiger partial charge on any atom is -0.497 e. The minimum atomic E-state index is -0.0568. The number of amides is 1. The number of aromatic nitrogens is 1. The number of rotatable bonds is 8. The first-order chi connectivity index (χ1) is 15.0. The number of hydrogen-bond acceptors (Lipinski definition) is 4. The molecule has 166 valence electrons. The van der Waals surface area contributed by atoms with Crippen LogP contribution in [-0.2, 0) is 6.54 Å². The van der Waals surface area contributed by atoms with Crippen molar-refractivity contribution in [3.8, 4) is 5.75 Å². The van der Waals surface area contributed by atoms with E-state index in [-0.39, 0.29) is 5.91 Å². The Morgan fingerprint density at radius 2 is 2.13 bits per heavy atom. The predicted octanol–water partition coefficient (Wildman–Crippen LogP) is 4.59. The van der Waals surface area contributed by atoms with E-state index in [2.05, 4.69) is 17.1 Å². The van der Waals surface area contributed by atoms with E-state index in [0.717, 1.165) is 41.1 Å². The number of furan rings is 1. The monoisotopic (exact) mass is 423 g/mol. The van der Waals surface area contributed by atoms with Gasteiger partial charge < -0.3 is 23.9 Å². The van der Waals surface area contributed by atoms with Gasteiger partial charge in [0.2, 0.25) is 0 Å². The van der Waals surface area contributed by atoms with Crippen LogP contribution in [0, 0.1) is 6.92 Å². The van der Waals surface area contributed by atoms with Crippen LogP contribution in [0.5, 0.6) is 5.75 Å². The zero-order valence-electron chi connectivity index (χ0n) is 18.8. The number of nitrogens with zero attached hydrogens (tertiary/aromatic N) is 2. The van der Waals surface area contributed by atoms with Crippen LogP contribution in [0.4, 0.5) is 0 Å². The Morgan fingerprint density at radius 3 is 2.94 bits per heavy atom. The summed E-state index contributed by atoms with van der Waals surface area (Å²) in [4.78, 5) is 15.6. The van der Waals surface area contributed by atoms with Crippen LogP contribution in [-0.4, -0.2) is 48.2 Å². The second-order valence-electron chi connectivity index (χ2n) is 8.56. The molecule has 1 aromatic carbocycles. The van der Waals surface area contributed by atoms with Crippen molar-refractivity contribution in [3.05, 3.63) is 53.4 Å². The molecule has 1 amide bonds. The van der Waals surface area contributed by atoms with Crippen molar-refractivity contribution in [2.75, 3.05) is 26.7 Å². The number of fused-ring (bicyclic) bond motifs is 1. The molecule has 0 saturated carbocycles. The first-order valence-electron chi connectivity index (χ1n) is 11.3. The average molecular weight is 424 g/mol. The fourth-order valence-electron chi connectivity index (χ4n) is 4.54. The van der Waals surface area contributed by atoms with Gasteiger partial charge in [-0.3, -0.25) is 4.79 Å². The Labute approximate surface area is 184 Å². The van der Waals surface area contributed by atoms with Crippen molar-refractivity contribution in [1.82, 2.24) is 14.8 Å². The van der Waals surface area contributed by atoms with Gasteiger partial charge in [-0.15, -0.1) is 0 Å². The van der Waals surface area contributed by atoms with Crippen LogP contribution in [0.25, 0.3) is 11.1 Å². The van der Waals surface area contributed by atoms with E-state index in [0.29, 0.717) is 24.8 Å². The number of ether oxygens (including phenoxy) is 1. The van der Waals surface area contributed by atoms with E-state index < -0.39 is 0 Å². The third-order valence-electron chi connectivity index (χ3n) is 6.27. The molecule has 0 bridgehead atoms. The van der Waals surface area contributed by atoms with E-state index in [1.165, 1.54) is 25.8 Å². The molecule has 0 radical (unpaired) electrons. The number of hydrogen-bond donors (Lipinski definition) is 1. The second kappa shape index (κ2) is 9.60. The average Bonchev–Trinajstić information content (AvgIpc) is 3.29. The van der Waals surface area contributed by atoms with Crippen molar-refractivity contribution in [2.45, 2.75) is 52.1 Å². The Kier molecular flexibility index (Phi) is 6.66. The Morgan fingerprint density at radius 1 is 1.26 bits per heavy atom. The van der Waals surface area contributed by atoms with Gasteiger partial charge in [-0.2, -0.15) is 0 Å². The molecule has 4 rings (SSSR count). The normalized spacial score (nSPS) is 17.2. The van der Waals surface area contributed by atoms with E-state index in [1.807, 2.05) is 47.9 Å². The van der Waals surface area contributed by atoms with Crippen LogP contribution >= 0.6 is 0 Å². The molecular formula is C25H33N3O3. The largest absolute Gasteiger partial charge is 0.497 e. The molecular weight excluding hydrogens is 390 g/mol. The summed E-state index contributed by atoms with van der Waals surface area (Å²) in [6.07, 6.45) is 4.86. The third-order valence-corrected chi connectivity index (χ3v) is 6.27. The number of carbonyl (C=O) groups is 1. The summed E-state index contributed by atoms with van der Waals surface area (Å²) in [5, 5.41) is 3.11. The SMILES string of the molecule is COc1cccc(Cn2c(C(=O)NCCCN3CCCCC3C)cc3oc(C)cc32)c1. The van der Waals surface area contributed by atoms with Crippen molar-refractivity contribution in [3.63, 3.8) is 0 Å². The summed E-state index contributed by atoms with van der Waals surface area (Å²) in [6.45, 7) is 7.69. The van der Waals surface area contributed by atoms with Crippen LogP contribution in [0.1, 0.15) is 54.4 Å². The lowest BCUT2D eigenvalue weighted by molar-refractivity contribution is 0.0940. The van der Waals surface area contributed by atoms with Crippen molar-refractivity contribution < 1.29 is 13.9 Å². The van der Waals surface area contributed by atoms with E-state index >= 15 is 0 Å². The number of carbonyl (C=O) groups excluding carboxylic acids is 1. The molecule has 1 fully saturated rings. The number of benzene rings is 1. The van der Waals surface area contributed by atoms with Gasteiger partial charge in [0.05, 0.1) is 12.6 Å². The van der Waals surface area contributed by atoms with Crippen LogP contribution in [0.15, 0.2) is 40.8 Å². The van der Waals surface area contributed by atoms with Crippen LogP contribution in [0.3, 0.4) is 0 Å². The van der Waals surface area contributed by atoms with E-state index in [9.17, 15) is 4.79 Å². The van der Waals surface area contributed by atoms with Gasteiger partial charge in [0.25, 0.3) is 5.91 Å². The topological polar surface area (TPSA) is 59.6 Å². The lowest BCUT2D eigenvalue weighted by Crippen LogP contribution is -2.39. The number of piperidine rings is 1. The molecule has 6 nitrogen and oxygen atoms in total. The third kappa shape index (κ3) is 4.96. The zero-order valence-corrected chi connectivity index (χ0v) is 18.8. The lowest BCUT2D eigenvalue weighted by Gasteiger charge is -2.33. The lowest BCUT2D eigenvalue weighted by atomic mass is 10.0. The van der Waals surface area contributed by atoms with Gasteiger partial charge in [-0.05, 0) is 57.4 Å². The molecule has 1 unspecified atom stereocenters. The number of likely N-dealkylation sites (tertiary alicyclic amines) is 1. The van der Waals surface area contributed by atoms with E-state index in [1.54, 1.807) is 7.11 Å². The first-order valence-corrected chi connectivity index (χ1v) is 11.3. The molecule has 2 aromatic heterocycles. The fourth-order valence-corrected chi connectivity index (χ4v) is 4.54. The molecule has 1 aliphatic heterocycles. The molecule has 0 aliphatic carbocycles. The maximum atomic E-state index is 13.0. The number of methoxy groups -OCH3 is 1.